The fraction of sp³-hybridized carbons (Fsp3) is 0.0952. The molecule has 25 heavy (non-hydrogen) atoms. The largest absolute Gasteiger partial charge is 4.00 e. The van der Waals surface area contributed by atoms with Gasteiger partial charge in [0.1, 0.15) is 0 Å². The molecule has 0 radical (unpaired) electrons. The van der Waals surface area contributed by atoms with Gasteiger partial charge in [0.05, 0.1) is 0 Å². The fourth-order valence-electron chi connectivity index (χ4n) is 1.20. The first-order valence-corrected chi connectivity index (χ1v) is 7.48. The molecule has 0 aliphatic carbocycles. The van der Waals surface area contributed by atoms with Crippen molar-refractivity contribution in [1.29, 1.82) is 0 Å². The predicted octanol–water partition coefficient (Wildman–Crippen LogP) is 4.43. The first kappa shape index (κ1) is 25.0. The number of nitrogens with two attached hydrogens (primary N) is 3. The van der Waals surface area contributed by atoms with Crippen LogP contribution in [0.4, 0.5) is 17.1 Å². The molecular weight excluding hydrogens is 342 g/mol. The Bertz CT molecular complexity index is 513. The summed E-state index contributed by atoms with van der Waals surface area (Å²) in [4.78, 5) is 0. The number of hydrogen-bond acceptors (Lipinski definition) is 3. The van der Waals surface area contributed by atoms with E-state index in [1.807, 2.05) is 20.3 Å². The summed E-state index contributed by atoms with van der Waals surface area (Å²) in [5.74, 6) is 0. The molecule has 3 aromatic carbocycles. The van der Waals surface area contributed by atoms with E-state index in [9.17, 15) is 0 Å². The van der Waals surface area contributed by atoms with Crippen LogP contribution in [0.1, 0.15) is 13.8 Å². The van der Waals surface area contributed by atoms with Crippen molar-refractivity contribution in [2.75, 3.05) is 17.2 Å². The maximum absolute atomic E-state index is 5.34. The van der Waals surface area contributed by atoms with Crippen LogP contribution in [0, 0.1) is 24.6 Å². The third kappa shape index (κ3) is 18.0. The van der Waals surface area contributed by atoms with Gasteiger partial charge in [0, 0.05) is 0 Å². The zero-order valence-corrected chi connectivity index (χ0v) is 16.3. The van der Waals surface area contributed by atoms with Gasteiger partial charge in [-0.1, -0.05) is 17.1 Å². The molecule has 0 aromatic heterocycles. The summed E-state index contributed by atoms with van der Waals surface area (Å²) in [5, 5.41) is 0. The minimum atomic E-state index is 0. The topological polar surface area (TPSA) is 78.1 Å². The Kier molecular flexibility index (Phi) is 18.1. The van der Waals surface area contributed by atoms with Crippen molar-refractivity contribution in [3.63, 3.8) is 0 Å². The van der Waals surface area contributed by atoms with Crippen LogP contribution < -0.4 is 17.2 Å². The summed E-state index contributed by atoms with van der Waals surface area (Å²) in [5.41, 5.74) is 18.4. The van der Waals surface area contributed by atoms with Gasteiger partial charge >= 0.3 is 21.7 Å². The summed E-state index contributed by atoms with van der Waals surface area (Å²) in [6.07, 6.45) is 2.00. The molecule has 0 saturated heterocycles. The molecule has 0 amide bonds. The molecule has 0 heterocycles. The first-order valence-electron chi connectivity index (χ1n) is 7.48. The Hall–Kier alpha value is -2.23. The Morgan fingerprint density at radius 1 is 0.560 bits per heavy atom. The molecule has 6 N–H and O–H groups in total. The molecule has 0 unspecified atom stereocenters. The van der Waals surface area contributed by atoms with Gasteiger partial charge in [-0.3, -0.25) is 0 Å². The smallest absolute Gasteiger partial charge is 0.419 e. The van der Waals surface area contributed by atoms with Crippen LogP contribution in [0.15, 0.2) is 72.8 Å². The van der Waals surface area contributed by atoms with Gasteiger partial charge < -0.3 is 23.6 Å². The molecule has 0 aliphatic rings. The van der Waals surface area contributed by atoms with E-state index in [2.05, 4.69) is 18.2 Å². The number of rotatable bonds is 0. The van der Waals surface area contributed by atoms with E-state index in [0.717, 1.165) is 17.1 Å². The van der Waals surface area contributed by atoms with Gasteiger partial charge in [-0.25, -0.2) is 0 Å². The summed E-state index contributed by atoms with van der Waals surface area (Å²) in [6.45, 7) is 4.00. The summed E-state index contributed by atoms with van der Waals surface area (Å²) in [6, 6.07) is 30.1. The molecule has 0 atom stereocenters. The second kappa shape index (κ2) is 18.1. The van der Waals surface area contributed by atoms with Crippen LogP contribution in [0.2, 0.25) is 0 Å². The van der Waals surface area contributed by atoms with Crippen molar-refractivity contribution in [1.82, 2.24) is 0 Å². The molecule has 0 bridgehead atoms. The van der Waals surface area contributed by atoms with E-state index in [4.69, 9.17) is 17.2 Å². The Labute approximate surface area is 167 Å². The van der Waals surface area contributed by atoms with Crippen LogP contribution in [0.3, 0.4) is 0 Å². The number of hydrogen-bond donors (Lipinski definition) is 3. The van der Waals surface area contributed by atoms with Gasteiger partial charge in [0.2, 0.25) is 0 Å². The number of nitrogen functional groups attached to an aromatic ring is 3. The van der Waals surface area contributed by atoms with E-state index in [0.29, 0.717) is 0 Å². The number of anilines is 3. The van der Waals surface area contributed by atoms with Crippen molar-refractivity contribution in [2.45, 2.75) is 13.8 Å². The molecule has 0 fully saturated rings. The third-order valence-electron chi connectivity index (χ3n) is 2.23. The standard InChI is InChI=1S/3C6H6N.C3H7.Ti/c3*7-6-4-2-1-3-5-6;1-3-2;/h3*2-5H,7H2;3H,1-2H3;/q4*-1;+4. The SMILES string of the molecule is C[CH-]C.Nc1cc[c-]cc1.Nc1cc[c-]cc1.Nc1cc[c-]cc1.[Ti+4]. The van der Waals surface area contributed by atoms with E-state index in [1.54, 1.807) is 72.8 Å². The van der Waals surface area contributed by atoms with Crippen LogP contribution >= 0.6 is 0 Å². The van der Waals surface area contributed by atoms with Gasteiger partial charge in [0.15, 0.2) is 0 Å². The molecule has 0 spiro atoms. The minimum absolute atomic E-state index is 0. The number of benzene rings is 3. The van der Waals surface area contributed by atoms with E-state index in [-0.39, 0.29) is 21.7 Å². The van der Waals surface area contributed by atoms with Crippen LogP contribution in [0.5, 0.6) is 0 Å². The quantitative estimate of drug-likeness (QED) is 0.312. The van der Waals surface area contributed by atoms with Gasteiger partial charge in [-0.2, -0.15) is 68.4 Å². The third-order valence-corrected chi connectivity index (χ3v) is 2.23. The van der Waals surface area contributed by atoms with Gasteiger partial charge in [-0.15, -0.1) is 36.4 Å². The van der Waals surface area contributed by atoms with Crippen LogP contribution in [-0.4, -0.2) is 0 Å². The maximum atomic E-state index is 5.34. The zero-order valence-electron chi connectivity index (χ0n) is 14.7. The molecule has 3 rings (SSSR count). The zero-order chi connectivity index (χ0) is 18.0. The summed E-state index contributed by atoms with van der Waals surface area (Å²) >= 11 is 0. The molecule has 0 aliphatic heterocycles. The molecule has 128 valence electrons. The average Bonchev–Trinajstić information content (AvgIpc) is 2.59. The molecule has 3 nitrogen and oxygen atoms in total. The van der Waals surface area contributed by atoms with Crippen molar-refractivity contribution < 1.29 is 21.7 Å². The normalized spacial score (nSPS) is 7.92. The molecule has 4 heteroatoms. The van der Waals surface area contributed by atoms with Crippen LogP contribution in [-0.2, 0) is 21.7 Å². The summed E-state index contributed by atoms with van der Waals surface area (Å²) in [7, 11) is 0. The Balaban J connectivity index is 0. The van der Waals surface area contributed by atoms with Crippen molar-refractivity contribution in [3.8, 4) is 0 Å². The Morgan fingerprint density at radius 3 is 0.800 bits per heavy atom. The molecular formula is C21H25N3Ti. The molecule has 0 saturated carbocycles. The van der Waals surface area contributed by atoms with E-state index in [1.165, 1.54) is 0 Å². The summed E-state index contributed by atoms with van der Waals surface area (Å²) < 4.78 is 0. The van der Waals surface area contributed by atoms with Crippen molar-refractivity contribution in [3.05, 3.63) is 97.4 Å². The minimum Gasteiger partial charge on any atom is -0.419 e. The maximum Gasteiger partial charge on any atom is 4.00 e. The van der Waals surface area contributed by atoms with Gasteiger partial charge in [0.25, 0.3) is 0 Å². The van der Waals surface area contributed by atoms with Crippen LogP contribution in [0.25, 0.3) is 0 Å². The Morgan fingerprint density at radius 2 is 0.720 bits per heavy atom. The first-order chi connectivity index (χ1) is 11.6. The monoisotopic (exact) mass is 367 g/mol. The second-order valence-corrected chi connectivity index (χ2v) is 4.58. The predicted molar refractivity (Wildman–Crippen MR) is 105 cm³/mol. The second-order valence-electron chi connectivity index (χ2n) is 4.58. The van der Waals surface area contributed by atoms with E-state index < -0.39 is 0 Å². The van der Waals surface area contributed by atoms with Crippen molar-refractivity contribution >= 4 is 17.1 Å². The fourth-order valence-corrected chi connectivity index (χ4v) is 1.20. The van der Waals surface area contributed by atoms with E-state index >= 15 is 0 Å². The van der Waals surface area contributed by atoms with Gasteiger partial charge in [-0.05, 0) is 0 Å². The average molecular weight is 367 g/mol. The van der Waals surface area contributed by atoms with Crippen molar-refractivity contribution in [2.24, 2.45) is 0 Å². The molecule has 3 aromatic rings.